The summed E-state index contributed by atoms with van der Waals surface area (Å²) < 4.78 is 10.5. The largest absolute Gasteiger partial charge is 0.446 e. The molecule has 0 radical (unpaired) electrons. The fourth-order valence-corrected chi connectivity index (χ4v) is 1.91. The standard InChI is InChI=1S/C14H23NO4/c1-9(2)12(13(16)10(3)4)15-14(17)19-11-5-7-18-8-6-11/h9,11-12H,3,5-8H2,1-2,4H3,(H,15,17)/t12-/m1/s1. The predicted octanol–water partition coefficient (Wildman–Crippen LogP) is 2.06. The van der Waals surface area contributed by atoms with Gasteiger partial charge in [0.1, 0.15) is 6.10 Å². The smallest absolute Gasteiger partial charge is 0.408 e. The van der Waals surface area contributed by atoms with Crippen LogP contribution in [0.15, 0.2) is 12.2 Å². The summed E-state index contributed by atoms with van der Waals surface area (Å²) in [6, 6.07) is -0.579. The molecule has 0 unspecified atom stereocenters. The highest BCUT2D eigenvalue weighted by Gasteiger charge is 2.26. The number of alkyl carbamates (subject to hydrolysis) is 1. The molecule has 0 saturated carbocycles. The van der Waals surface area contributed by atoms with Gasteiger partial charge in [0, 0.05) is 12.8 Å². The maximum Gasteiger partial charge on any atom is 0.408 e. The summed E-state index contributed by atoms with van der Waals surface area (Å²) in [6.45, 7) is 10.2. The van der Waals surface area contributed by atoms with Gasteiger partial charge in [-0.05, 0) is 18.4 Å². The molecule has 0 aromatic rings. The van der Waals surface area contributed by atoms with Crippen molar-refractivity contribution in [3.8, 4) is 0 Å². The van der Waals surface area contributed by atoms with Gasteiger partial charge in [-0.25, -0.2) is 4.79 Å². The third kappa shape index (κ3) is 5.03. The van der Waals surface area contributed by atoms with Crippen LogP contribution in [0, 0.1) is 5.92 Å². The third-order valence-electron chi connectivity index (χ3n) is 3.09. The zero-order valence-electron chi connectivity index (χ0n) is 11.9. The van der Waals surface area contributed by atoms with E-state index in [0.717, 1.165) is 0 Å². The van der Waals surface area contributed by atoms with E-state index in [1.165, 1.54) is 0 Å². The van der Waals surface area contributed by atoms with Crippen LogP contribution in [0.5, 0.6) is 0 Å². The summed E-state index contributed by atoms with van der Waals surface area (Å²) in [6.07, 6.45) is 0.740. The molecule has 0 aromatic heterocycles. The number of amides is 1. The van der Waals surface area contributed by atoms with Gasteiger partial charge in [-0.1, -0.05) is 20.4 Å². The van der Waals surface area contributed by atoms with E-state index in [2.05, 4.69) is 11.9 Å². The summed E-state index contributed by atoms with van der Waals surface area (Å²) >= 11 is 0. The van der Waals surface area contributed by atoms with Crippen molar-refractivity contribution in [2.45, 2.75) is 45.8 Å². The molecule has 1 rings (SSSR count). The first-order valence-electron chi connectivity index (χ1n) is 6.66. The summed E-state index contributed by atoms with van der Waals surface area (Å²) in [5, 5.41) is 2.63. The van der Waals surface area contributed by atoms with Crippen LogP contribution in [0.1, 0.15) is 33.6 Å². The summed E-state index contributed by atoms with van der Waals surface area (Å²) in [5.41, 5.74) is 0.435. The molecule has 5 heteroatoms. The van der Waals surface area contributed by atoms with Gasteiger partial charge in [0.2, 0.25) is 0 Å². The van der Waals surface area contributed by atoms with E-state index in [1.807, 2.05) is 13.8 Å². The second-order valence-corrected chi connectivity index (χ2v) is 5.23. The van der Waals surface area contributed by atoms with E-state index in [9.17, 15) is 9.59 Å². The normalized spacial score (nSPS) is 17.9. The molecule has 108 valence electrons. The molecule has 1 N–H and O–H groups in total. The lowest BCUT2D eigenvalue weighted by molar-refractivity contribution is -0.118. The molecule has 0 bridgehead atoms. The number of Topliss-reactive ketones (excluding diaryl/α,β-unsaturated/α-hetero) is 1. The average Bonchev–Trinajstić information content (AvgIpc) is 2.36. The van der Waals surface area contributed by atoms with E-state index < -0.39 is 12.1 Å². The minimum absolute atomic E-state index is 0.00793. The number of carbonyl (C=O) groups excluding carboxylic acids is 2. The Morgan fingerprint density at radius 3 is 2.37 bits per heavy atom. The predicted molar refractivity (Wildman–Crippen MR) is 71.9 cm³/mol. The maximum atomic E-state index is 11.9. The van der Waals surface area contributed by atoms with Gasteiger partial charge in [-0.3, -0.25) is 4.79 Å². The molecule has 1 saturated heterocycles. The molecule has 0 aliphatic carbocycles. The first-order valence-corrected chi connectivity index (χ1v) is 6.66. The molecule has 1 aliphatic heterocycles. The Hall–Kier alpha value is -1.36. The third-order valence-corrected chi connectivity index (χ3v) is 3.09. The Bertz CT molecular complexity index is 345. The number of ketones is 1. The number of ether oxygens (including phenoxy) is 2. The van der Waals surface area contributed by atoms with Crippen LogP contribution in [0.4, 0.5) is 4.79 Å². The second-order valence-electron chi connectivity index (χ2n) is 5.23. The zero-order chi connectivity index (χ0) is 14.4. The van der Waals surface area contributed by atoms with Crippen LogP contribution in [-0.4, -0.2) is 37.2 Å². The van der Waals surface area contributed by atoms with Gasteiger partial charge in [0.15, 0.2) is 5.78 Å². The number of rotatable bonds is 5. The Balaban J connectivity index is 2.51. The maximum absolute atomic E-state index is 11.9. The second kappa shape index (κ2) is 7.28. The minimum Gasteiger partial charge on any atom is -0.446 e. The van der Waals surface area contributed by atoms with Gasteiger partial charge in [-0.2, -0.15) is 0 Å². The van der Waals surface area contributed by atoms with Gasteiger partial charge in [0.05, 0.1) is 19.3 Å². The Morgan fingerprint density at radius 2 is 1.89 bits per heavy atom. The topological polar surface area (TPSA) is 64.6 Å². The van der Waals surface area contributed by atoms with E-state index >= 15 is 0 Å². The molecule has 1 heterocycles. The van der Waals surface area contributed by atoms with Crippen LogP contribution in [0.3, 0.4) is 0 Å². The SMILES string of the molecule is C=C(C)C(=O)[C@H](NC(=O)OC1CCOCC1)C(C)C. The van der Waals surface area contributed by atoms with Gasteiger partial charge < -0.3 is 14.8 Å². The molecule has 5 nitrogen and oxygen atoms in total. The summed E-state index contributed by atoms with van der Waals surface area (Å²) in [7, 11) is 0. The lowest BCUT2D eigenvalue weighted by Gasteiger charge is -2.25. The number of hydrogen-bond acceptors (Lipinski definition) is 4. The molecule has 1 amide bonds. The first kappa shape index (κ1) is 15.7. The highest BCUT2D eigenvalue weighted by Crippen LogP contribution is 2.12. The van der Waals surface area contributed by atoms with E-state index in [-0.39, 0.29) is 17.8 Å². The van der Waals surface area contributed by atoms with Crippen LogP contribution in [-0.2, 0) is 14.3 Å². The van der Waals surface area contributed by atoms with Crippen molar-refractivity contribution in [3.05, 3.63) is 12.2 Å². The fraction of sp³-hybridized carbons (Fsp3) is 0.714. The van der Waals surface area contributed by atoms with Crippen molar-refractivity contribution in [2.75, 3.05) is 13.2 Å². The molecule has 0 spiro atoms. The molecule has 1 atom stereocenters. The van der Waals surface area contributed by atoms with Crippen molar-refractivity contribution in [1.29, 1.82) is 0 Å². The lowest BCUT2D eigenvalue weighted by Crippen LogP contribution is -2.46. The molecular formula is C14H23NO4. The van der Waals surface area contributed by atoms with Crippen molar-refractivity contribution in [1.82, 2.24) is 5.32 Å². The average molecular weight is 269 g/mol. The van der Waals surface area contributed by atoms with Crippen LogP contribution < -0.4 is 5.32 Å². The van der Waals surface area contributed by atoms with E-state index in [4.69, 9.17) is 9.47 Å². The number of carbonyl (C=O) groups is 2. The van der Waals surface area contributed by atoms with Crippen molar-refractivity contribution < 1.29 is 19.1 Å². The fourth-order valence-electron chi connectivity index (χ4n) is 1.91. The number of nitrogens with one attached hydrogen (secondary N) is 1. The van der Waals surface area contributed by atoms with E-state index in [0.29, 0.717) is 31.6 Å². The molecular weight excluding hydrogens is 246 g/mol. The quantitative estimate of drug-likeness (QED) is 0.776. The van der Waals surface area contributed by atoms with Crippen LogP contribution in [0.25, 0.3) is 0 Å². The highest BCUT2D eigenvalue weighted by atomic mass is 16.6. The summed E-state index contributed by atoms with van der Waals surface area (Å²) in [5.74, 6) is -0.162. The molecule has 1 aliphatic rings. The van der Waals surface area contributed by atoms with Gasteiger partial charge in [0.25, 0.3) is 0 Å². The van der Waals surface area contributed by atoms with Crippen LogP contribution in [0.2, 0.25) is 0 Å². The van der Waals surface area contributed by atoms with Crippen molar-refractivity contribution in [3.63, 3.8) is 0 Å². The molecule has 19 heavy (non-hydrogen) atoms. The van der Waals surface area contributed by atoms with Gasteiger partial charge >= 0.3 is 6.09 Å². The van der Waals surface area contributed by atoms with Gasteiger partial charge in [-0.15, -0.1) is 0 Å². The Morgan fingerprint density at radius 1 is 1.32 bits per heavy atom. The van der Waals surface area contributed by atoms with Crippen molar-refractivity contribution >= 4 is 11.9 Å². The zero-order valence-corrected chi connectivity index (χ0v) is 11.9. The molecule has 1 fully saturated rings. The summed E-state index contributed by atoms with van der Waals surface area (Å²) in [4.78, 5) is 23.7. The molecule has 0 aromatic carbocycles. The first-order chi connectivity index (χ1) is 8.91. The van der Waals surface area contributed by atoms with Crippen LogP contribution >= 0.6 is 0 Å². The monoisotopic (exact) mass is 269 g/mol. The lowest BCUT2D eigenvalue weighted by atomic mass is 9.96. The Kier molecular flexibility index (Phi) is 6.02. The van der Waals surface area contributed by atoms with E-state index in [1.54, 1.807) is 6.92 Å². The highest BCUT2D eigenvalue weighted by molar-refractivity contribution is 6.00. The van der Waals surface area contributed by atoms with Crippen molar-refractivity contribution in [2.24, 2.45) is 5.92 Å². The Labute approximate surface area is 114 Å². The minimum atomic E-state index is -0.579. The number of hydrogen-bond donors (Lipinski definition) is 1.